The third-order valence-corrected chi connectivity index (χ3v) is 6.01. The van der Waals surface area contributed by atoms with Gasteiger partial charge < -0.3 is 15.8 Å². The lowest BCUT2D eigenvalue weighted by Crippen LogP contribution is -2.33. The topological polar surface area (TPSA) is 96.8 Å². The van der Waals surface area contributed by atoms with Gasteiger partial charge >= 0.3 is 0 Å². The second-order valence-electron chi connectivity index (χ2n) is 7.42. The first-order valence-electron chi connectivity index (χ1n) is 9.50. The fraction of sp³-hybridized carbons (Fsp3) is 0.381. The van der Waals surface area contributed by atoms with Gasteiger partial charge in [0.1, 0.15) is 16.5 Å². The van der Waals surface area contributed by atoms with Crippen LogP contribution in [0.2, 0.25) is 0 Å². The number of aryl methyl sites for hydroxylation is 2. The molecule has 1 fully saturated rings. The van der Waals surface area contributed by atoms with E-state index in [1.165, 1.54) is 11.3 Å². The highest BCUT2D eigenvalue weighted by Crippen LogP contribution is 2.36. The minimum absolute atomic E-state index is 0.297. The average Bonchev–Trinajstić information content (AvgIpc) is 3.14. The van der Waals surface area contributed by atoms with Crippen LogP contribution in [0.3, 0.4) is 0 Å². The molecule has 0 spiro atoms. The van der Waals surface area contributed by atoms with E-state index in [1.54, 1.807) is 0 Å². The summed E-state index contributed by atoms with van der Waals surface area (Å²) < 4.78 is 7.06. The largest absolute Gasteiger partial charge is 0.436 e. The number of nitrogens with one attached hydrogen (secondary N) is 1. The van der Waals surface area contributed by atoms with Crippen molar-refractivity contribution < 1.29 is 4.74 Å². The molecule has 0 unspecified atom stereocenters. The molecule has 28 heavy (non-hydrogen) atoms. The normalized spacial score (nSPS) is 19.4. The Balaban J connectivity index is 1.68. The van der Waals surface area contributed by atoms with E-state index in [-0.39, 0.29) is 0 Å². The molecular weight excluding hydrogens is 370 g/mol. The SMILES string of the molecule is Cc1cc(C)c(Oc2nc(NC3CCC(N)CC3)nc3ccsc23)c(C#N)c1. The lowest BCUT2D eigenvalue weighted by Gasteiger charge is -2.26. The molecule has 0 atom stereocenters. The van der Waals surface area contributed by atoms with Gasteiger partial charge in [-0.2, -0.15) is 10.2 Å². The van der Waals surface area contributed by atoms with Gasteiger partial charge in [0, 0.05) is 12.1 Å². The number of thiophene rings is 1. The molecule has 3 N–H and O–H groups in total. The van der Waals surface area contributed by atoms with E-state index in [0.717, 1.165) is 47.0 Å². The van der Waals surface area contributed by atoms with E-state index < -0.39 is 0 Å². The van der Waals surface area contributed by atoms with Crippen molar-refractivity contribution in [3.8, 4) is 17.7 Å². The van der Waals surface area contributed by atoms with Crippen LogP contribution in [0.4, 0.5) is 5.95 Å². The van der Waals surface area contributed by atoms with E-state index in [0.29, 0.717) is 35.2 Å². The molecule has 0 radical (unpaired) electrons. The molecule has 2 heterocycles. The maximum atomic E-state index is 9.53. The zero-order valence-corrected chi connectivity index (χ0v) is 16.8. The summed E-state index contributed by atoms with van der Waals surface area (Å²) in [6.07, 6.45) is 4.04. The number of fused-ring (bicyclic) bond motifs is 1. The molecular formula is C21H23N5OS. The van der Waals surface area contributed by atoms with Crippen molar-refractivity contribution in [3.63, 3.8) is 0 Å². The standard InChI is InChI=1S/C21H23N5OS/c1-12-9-13(2)18(14(10-12)11-22)27-20-19-17(7-8-28-19)25-21(26-20)24-16-5-3-15(23)4-6-16/h7-10,15-16H,3-6,23H2,1-2H3,(H,24,25,26). The first-order valence-corrected chi connectivity index (χ1v) is 10.4. The smallest absolute Gasteiger partial charge is 0.242 e. The Hall–Kier alpha value is -2.69. The summed E-state index contributed by atoms with van der Waals surface area (Å²) in [4.78, 5) is 9.29. The van der Waals surface area contributed by atoms with Crippen molar-refractivity contribution >= 4 is 27.5 Å². The second kappa shape index (κ2) is 7.74. The fourth-order valence-corrected chi connectivity index (χ4v) is 4.44. The van der Waals surface area contributed by atoms with Crippen molar-refractivity contribution in [2.45, 2.75) is 51.6 Å². The Morgan fingerprint density at radius 3 is 2.75 bits per heavy atom. The van der Waals surface area contributed by atoms with Crippen molar-refractivity contribution in [2.24, 2.45) is 5.73 Å². The molecule has 1 aliphatic rings. The van der Waals surface area contributed by atoms with Crippen molar-refractivity contribution in [1.82, 2.24) is 9.97 Å². The van der Waals surface area contributed by atoms with Gasteiger partial charge in [0.05, 0.1) is 11.1 Å². The van der Waals surface area contributed by atoms with Crippen LogP contribution < -0.4 is 15.8 Å². The molecule has 1 saturated carbocycles. The highest BCUT2D eigenvalue weighted by molar-refractivity contribution is 7.17. The molecule has 0 bridgehead atoms. The Kier molecular flexibility index (Phi) is 5.16. The monoisotopic (exact) mass is 393 g/mol. The number of benzene rings is 1. The first kappa shape index (κ1) is 18.7. The van der Waals surface area contributed by atoms with Gasteiger partial charge in [0.2, 0.25) is 11.8 Å². The molecule has 4 rings (SSSR count). The van der Waals surface area contributed by atoms with Crippen LogP contribution in [-0.2, 0) is 0 Å². The van der Waals surface area contributed by atoms with E-state index in [9.17, 15) is 5.26 Å². The molecule has 0 amide bonds. The zero-order chi connectivity index (χ0) is 19.7. The van der Waals surface area contributed by atoms with Crippen LogP contribution in [0, 0.1) is 25.2 Å². The quantitative estimate of drug-likeness (QED) is 0.669. The van der Waals surface area contributed by atoms with Crippen LogP contribution in [-0.4, -0.2) is 22.1 Å². The Bertz CT molecular complexity index is 1050. The summed E-state index contributed by atoms with van der Waals surface area (Å²) in [5.41, 5.74) is 9.30. The highest BCUT2D eigenvalue weighted by atomic mass is 32.1. The summed E-state index contributed by atoms with van der Waals surface area (Å²) in [7, 11) is 0. The van der Waals surface area contributed by atoms with Gasteiger partial charge in [-0.05, 0) is 68.2 Å². The minimum Gasteiger partial charge on any atom is -0.436 e. The summed E-state index contributed by atoms with van der Waals surface area (Å²) in [5.74, 6) is 1.60. The van der Waals surface area contributed by atoms with Gasteiger partial charge in [-0.25, -0.2) is 4.98 Å². The predicted molar refractivity (Wildman–Crippen MR) is 112 cm³/mol. The number of nitrogens with zero attached hydrogens (tertiary/aromatic N) is 3. The Morgan fingerprint density at radius 2 is 2.00 bits per heavy atom. The molecule has 0 aliphatic heterocycles. The molecule has 1 aliphatic carbocycles. The maximum absolute atomic E-state index is 9.53. The minimum atomic E-state index is 0.297. The van der Waals surface area contributed by atoms with Crippen molar-refractivity contribution in [2.75, 3.05) is 5.32 Å². The van der Waals surface area contributed by atoms with Gasteiger partial charge in [-0.15, -0.1) is 11.3 Å². The van der Waals surface area contributed by atoms with Crippen molar-refractivity contribution in [1.29, 1.82) is 5.26 Å². The first-order chi connectivity index (χ1) is 13.5. The molecule has 2 aromatic heterocycles. The van der Waals surface area contributed by atoms with Crippen LogP contribution >= 0.6 is 11.3 Å². The van der Waals surface area contributed by atoms with Crippen LogP contribution in [0.25, 0.3) is 10.2 Å². The molecule has 6 nitrogen and oxygen atoms in total. The number of rotatable bonds is 4. The van der Waals surface area contributed by atoms with Gasteiger partial charge in [-0.3, -0.25) is 0 Å². The van der Waals surface area contributed by atoms with Crippen LogP contribution in [0.1, 0.15) is 42.4 Å². The number of aromatic nitrogens is 2. The summed E-state index contributed by atoms with van der Waals surface area (Å²) in [5, 5.41) is 14.9. The number of nitrogens with two attached hydrogens (primary N) is 1. The predicted octanol–water partition coefficient (Wildman–Crippen LogP) is 4.65. The molecule has 0 saturated heterocycles. The van der Waals surface area contributed by atoms with Gasteiger partial charge in [-0.1, -0.05) is 6.07 Å². The summed E-state index contributed by atoms with van der Waals surface area (Å²) >= 11 is 1.53. The third-order valence-electron chi connectivity index (χ3n) is 5.12. The number of hydrogen-bond donors (Lipinski definition) is 2. The van der Waals surface area contributed by atoms with Gasteiger partial charge in [0.25, 0.3) is 0 Å². The second-order valence-corrected chi connectivity index (χ2v) is 8.33. The summed E-state index contributed by atoms with van der Waals surface area (Å²) in [6.45, 7) is 3.91. The number of ether oxygens (including phenoxy) is 1. The molecule has 1 aromatic carbocycles. The van der Waals surface area contributed by atoms with E-state index >= 15 is 0 Å². The third kappa shape index (κ3) is 3.79. The van der Waals surface area contributed by atoms with Crippen molar-refractivity contribution in [3.05, 3.63) is 40.3 Å². The Labute approximate surface area is 168 Å². The molecule has 7 heteroatoms. The number of hydrogen-bond acceptors (Lipinski definition) is 7. The number of nitriles is 1. The fourth-order valence-electron chi connectivity index (χ4n) is 3.69. The van der Waals surface area contributed by atoms with E-state index in [1.807, 2.05) is 37.4 Å². The summed E-state index contributed by atoms with van der Waals surface area (Å²) in [6, 6.07) is 8.65. The van der Waals surface area contributed by atoms with E-state index in [2.05, 4.69) is 21.4 Å². The molecule has 144 valence electrons. The van der Waals surface area contributed by atoms with Crippen LogP contribution in [0.15, 0.2) is 23.6 Å². The zero-order valence-electron chi connectivity index (χ0n) is 16.0. The lowest BCUT2D eigenvalue weighted by molar-refractivity contribution is 0.409. The highest BCUT2D eigenvalue weighted by Gasteiger charge is 2.21. The maximum Gasteiger partial charge on any atom is 0.242 e. The van der Waals surface area contributed by atoms with Gasteiger partial charge in [0.15, 0.2) is 0 Å². The van der Waals surface area contributed by atoms with Crippen LogP contribution in [0.5, 0.6) is 11.6 Å². The lowest BCUT2D eigenvalue weighted by atomic mass is 9.92. The Morgan fingerprint density at radius 1 is 1.21 bits per heavy atom. The van der Waals surface area contributed by atoms with E-state index in [4.69, 9.17) is 10.5 Å². The molecule has 3 aromatic rings. The number of anilines is 1. The average molecular weight is 394 g/mol.